The van der Waals surface area contributed by atoms with E-state index in [1.54, 1.807) is 0 Å². The second-order valence-corrected chi connectivity index (χ2v) is 25.0. The average Bonchev–Trinajstić information content (AvgIpc) is 3.36. The van der Waals surface area contributed by atoms with Crippen LogP contribution in [0.3, 0.4) is 0 Å². The number of benzene rings is 4. The van der Waals surface area contributed by atoms with Gasteiger partial charge in [0.05, 0.1) is 0 Å². The van der Waals surface area contributed by atoms with Crippen molar-refractivity contribution in [3.05, 3.63) is 84.3 Å². The van der Waals surface area contributed by atoms with Gasteiger partial charge in [-0.2, -0.15) is 0 Å². The van der Waals surface area contributed by atoms with E-state index >= 15 is 0 Å². The maximum atomic E-state index is 7.51. The monoisotopic (exact) mass is 847 g/mol. The Kier molecular flexibility index (Phi) is 7.97. The van der Waals surface area contributed by atoms with Gasteiger partial charge in [-0.05, 0) is 55.0 Å². The van der Waals surface area contributed by atoms with Gasteiger partial charge in [0, 0.05) is 9.40 Å². The van der Waals surface area contributed by atoms with E-state index in [0.29, 0.717) is 21.5 Å². The van der Waals surface area contributed by atoms with Crippen LogP contribution in [-0.4, -0.2) is 9.97 Å². The average molecular weight is 847 g/mol. The molecular weight excluding hydrogens is 833 g/mol. The third kappa shape index (κ3) is 5.30. The van der Waals surface area contributed by atoms with E-state index in [-0.39, 0.29) is 0 Å². The Labute approximate surface area is 216 Å². The summed E-state index contributed by atoms with van der Waals surface area (Å²) in [6.45, 7) is 0. The van der Waals surface area contributed by atoms with Gasteiger partial charge in [-0.15, -0.1) is 22.7 Å². The number of hydrogen-bond acceptors (Lipinski definition) is 4. The minimum absolute atomic E-state index is 0.386. The molecule has 31 heavy (non-hydrogen) atoms. The van der Waals surface area contributed by atoms with Crippen LogP contribution in [0.15, 0.2) is 72.8 Å². The summed E-state index contributed by atoms with van der Waals surface area (Å²) >= 11 is 8.14. The molecule has 4 aromatic carbocycles. The molecule has 0 saturated carbocycles. The van der Waals surface area contributed by atoms with Crippen LogP contribution < -0.4 is 0 Å². The molecule has 0 radical (unpaired) electrons. The zero-order valence-corrected chi connectivity index (χ0v) is 23.9. The minimum Gasteiger partial charge on any atom is -0.473 e. The Morgan fingerprint density at radius 1 is 0.613 bits per heavy atom. The van der Waals surface area contributed by atoms with Crippen molar-refractivity contribution < 1.29 is 11.2 Å². The Hall–Kier alpha value is -1.07. The van der Waals surface area contributed by atoms with Gasteiger partial charge in [0.15, 0.2) is 0 Å². The Morgan fingerprint density at radius 2 is 1.00 bits per heavy atom. The fourth-order valence-corrected chi connectivity index (χ4v) is 4.79. The molecule has 0 amide bonds. The first kappa shape index (κ1) is 23.1. The van der Waals surface area contributed by atoms with Crippen LogP contribution in [0.1, 0.15) is 0 Å². The van der Waals surface area contributed by atoms with Gasteiger partial charge in [0.25, 0.3) is 0 Å². The fraction of sp³-hybridized carbons (Fsp3) is 0. The molecular formula is C22H14I2N4PtS2. The van der Waals surface area contributed by atoms with Crippen LogP contribution in [0, 0.1) is 0 Å². The normalized spacial score (nSPS) is 10.8. The van der Waals surface area contributed by atoms with Crippen molar-refractivity contribution >= 4 is 114 Å². The van der Waals surface area contributed by atoms with Crippen molar-refractivity contribution in [2.75, 3.05) is 0 Å². The van der Waals surface area contributed by atoms with Gasteiger partial charge < -0.3 is 21.4 Å². The minimum atomic E-state index is 0.386. The van der Waals surface area contributed by atoms with Crippen LogP contribution in [0.25, 0.3) is 53.4 Å². The quantitative estimate of drug-likeness (QED) is 0.143. The largest absolute Gasteiger partial charge is 0.473 e. The second-order valence-electron chi connectivity index (χ2n) is 6.35. The first-order valence-electron chi connectivity index (χ1n) is 8.93. The third-order valence-corrected chi connectivity index (χ3v) is 6.24. The van der Waals surface area contributed by atoms with E-state index in [1.807, 2.05) is 36.4 Å². The van der Waals surface area contributed by atoms with Gasteiger partial charge in [0.2, 0.25) is 0 Å². The standard InChI is InChI=1S/2C11H7N2S.2HI.Pt/c2*12-11-13-10-8-4-2-1-3-7(8)5-6-9(10)14-11;;;/h2*1-6H,(H-,12,13);2*1H;/q2*-1;;;+4/p-2. The number of rotatable bonds is 0. The van der Waals surface area contributed by atoms with Crippen molar-refractivity contribution in [3.63, 3.8) is 0 Å². The molecule has 0 atom stereocenters. The predicted molar refractivity (Wildman–Crippen MR) is 150 cm³/mol. The summed E-state index contributed by atoms with van der Waals surface area (Å²) in [5.41, 5.74) is 16.9. The molecule has 158 valence electrons. The van der Waals surface area contributed by atoms with E-state index in [1.165, 1.54) is 33.4 Å². The van der Waals surface area contributed by atoms with E-state index in [9.17, 15) is 0 Å². The van der Waals surface area contributed by atoms with E-state index < -0.39 is 0 Å². The molecule has 0 saturated heterocycles. The number of hydrogen-bond donors (Lipinski definition) is 0. The van der Waals surface area contributed by atoms with Gasteiger partial charge in [-0.25, -0.2) is 0 Å². The van der Waals surface area contributed by atoms with E-state index in [0.717, 1.165) is 31.2 Å². The predicted octanol–water partition coefficient (Wildman–Crippen LogP) is 10.0. The van der Waals surface area contributed by atoms with E-state index in [2.05, 4.69) is 85.1 Å². The SMILES string of the molecule is [I][Pt+2][I].[NH-]c1nc2c(ccc3ccccc32)s1.[NH-]c1nc2c(ccc3ccccc32)s1. The summed E-state index contributed by atoms with van der Waals surface area (Å²) in [7, 11) is 0. The first-order valence-corrected chi connectivity index (χ1v) is 23.4. The van der Waals surface area contributed by atoms with Crippen LogP contribution in [-0.2, 0) is 11.2 Å². The summed E-state index contributed by atoms with van der Waals surface area (Å²) < 4.78 is 2.18. The van der Waals surface area contributed by atoms with Crippen molar-refractivity contribution in [2.45, 2.75) is 0 Å². The number of halogens is 2. The number of aromatic nitrogens is 2. The topological polar surface area (TPSA) is 73.4 Å². The molecule has 0 aliphatic carbocycles. The molecule has 2 N–H and O–H groups in total. The maximum Gasteiger partial charge on any atom is 0.0307 e. The molecule has 4 nitrogen and oxygen atoms in total. The Bertz CT molecular complexity index is 1370. The number of thiazole rings is 2. The molecule has 0 aliphatic heterocycles. The third-order valence-electron chi connectivity index (χ3n) is 4.57. The number of nitrogens with one attached hydrogen (secondary N) is 2. The molecule has 6 rings (SSSR count). The molecule has 2 heterocycles. The molecule has 6 aromatic rings. The number of nitrogens with zero attached hydrogens (tertiary/aromatic N) is 2. The van der Waals surface area contributed by atoms with Crippen molar-refractivity contribution in [1.82, 2.24) is 9.97 Å². The van der Waals surface area contributed by atoms with Crippen LogP contribution >= 0.6 is 61.4 Å². The number of fused-ring (bicyclic) bond motifs is 6. The summed E-state index contributed by atoms with van der Waals surface area (Å²) in [4.78, 5) is 8.45. The smallest absolute Gasteiger partial charge is 0.0307 e. The van der Waals surface area contributed by atoms with Gasteiger partial charge >= 0.3 is 49.9 Å². The van der Waals surface area contributed by atoms with Gasteiger partial charge in [-0.3, -0.25) is 0 Å². The first-order chi connectivity index (χ1) is 15.1. The molecule has 0 fully saturated rings. The van der Waals surface area contributed by atoms with Crippen molar-refractivity contribution in [3.8, 4) is 0 Å². The Morgan fingerprint density at radius 3 is 1.42 bits per heavy atom. The van der Waals surface area contributed by atoms with Crippen molar-refractivity contribution in [1.29, 1.82) is 0 Å². The second kappa shape index (κ2) is 10.7. The molecule has 0 spiro atoms. The zero-order chi connectivity index (χ0) is 21.8. The van der Waals surface area contributed by atoms with Gasteiger partial charge in [0.1, 0.15) is 0 Å². The molecule has 2 aromatic heterocycles. The summed E-state index contributed by atoms with van der Waals surface area (Å²) in [5, 5.41) is 5.42. The molecule has 0 bridgehead atoms. The van der Waals surface area contributed by atoms with Crippen LogP contribution in [0.4, 0.5) is 10.3 Å². The van der Waals surface area contributed by atoms with Crippen LogP contribution in [0.5, 0.6) is 0 Å². The van der Waals surface area contributed by atoms with Crippen LogP contribution in [0.2, 0.25) is 0 Å². The van der Waals surface area contributed by atoms with Crippen molar-refractivity contribution in [2.24, 2.45) is 0 Å². The molecule has 0 unspecified atom stereocenters. The Balaban J connectivity index is 0.000000133. The molecule has 9 heteroatoms. The molecule has 0 aliphatic rings. The summed E-state index contributed by atoms with van der Waals surface area (Å²) in [5.74, 6) is 0. The zero-order valence-electron chi connectivity index (χ0n) is 15.7. The fourth-order valence-electron chi connectivity index (χ4n) is 3.32. The van der Waals surface area contributed by atoms with Gasteiger partial charge in [-0.1, -0.05) is 60.7 Å². The maximum absolute atomic E-state index is 7.51. The summed E-state index contributed by atoms with van der Waals surface area (Å²) in [6.07, 6.45) is 0. The van der Waals surface area contributed by atoms with E-state index in [4.69, 9.17) is 11.5 Å². The summed E-state index contributed by atoms with van der Waals surface area (Å²) in [6, 6.07) is 24.5.